The number of hydrogen-bond donors (Lipinski definition) is 2. The first-order valence-corrected chi connectivity index (χ1v) is 10.1. The van der Waals surface area contributed by atoms with Crippen molar-refractivity contribution < 1.29 is 24.2 Å². The monoisotopic (exact) mass is 411 g/mol. The van der Waals surface area contributed by atoms with Gasteiger partial charge in [-0.2, -0.15) is 0 Å². The molecule has 3 fully saturated rings. The average Bonchev–Trinajstić information content (AvgIpc) is 2.78. The summed E-state index contributed by atoms with van der Waals surface area (Å²) in [6.45, 7) is 2.88. The second-order valence-corrected chi connectivity index (χ2v) is 7.71. The van der Waals surface area contributed by atoms with E-state index in [9.17, 15) is 14.7 Å². The molecule has 3 aliphatic heterocycles. The third kappa shape index (κ3) is 4.38. The number of hydrogen-bond acceptors (Lipinski definition) is 7. The van der Waals surface area contributed by atoms with Crippen LogP contribution in [0.4, 0.5) is 5.69 Å². The Labute approximate surface area is 174 Å². The summed E-state index contributed by atoms with van der Waals surface area (Å²) < 4.78 is 11.0. The smallest absolute Gasteiger partial charge is 0.335 e. The van der Waals surface area contributed by atoms with Crippen LogP contribution in [0.25, 0.3) is 0 Å². The number of carbonyl (C=O) groups is 2. The lowest BCUT2D eigenvalue weighted by Crippen LogP contribution is -2.52. The molecule has 8 nitrogen and oxygen atoms in total. The van der Waals surface area contributed by atoms with Crippen molar-refractivity contribution in [2.75, 3.05) is 32.1 Å². The number of pyridine rings is 1. The summed E-state index contributed by atoms with van der Waals surface area (Å²) in [6.07, 6.45) is 3.53. The fourth-order valence-electron chi connectivity index (χ4n) is 4.13. The van der Waals surface area contributed by atoms with E-state index >= 15 is 0 Å². The number of piperidine rings is 3. The van der Waals surface area contributed by atoms with Gasteiger partial charge in [-0.1, -0.05) is 6.07 Å². The van der Waals surface area contributed by atoms with E-state index in [2.05, 4.69) is 15.2 Å². The predicted molar refractivity (Wildman–Crippen MR) is 110 cm³/mol. The number of esters is 1. The maximum absolute atomic E-state index is 13.2. The van der Waals surface area contributed by atoms with E-state index in [0.717, 1.165) is 32.5 Å². The fourth-order valence-corrected chi connectivity index (χ4v) is 4.13. The highest BCUT2D eigenvalue weighted by Crippen LogP contribution is 2.31. The van der Waals surface area contributed by atoms with Crippen molar-refractivity contribution in [2.45, 2.75) is 25.0 Å². The largest absolute Gasteiger partial charge is 0.481 e. The van der Waals surface area contributed by atoms with Crippen LogP contribution in [-0.2, 0) is 9.53 Å². The molecule has 5 rings (SSSR count). The fraction of sp³-hybridized carbons (Fsp3) is 0.409. The van der Waals surface area contributed by atoms with Crippen LogP contribution in [0.5, 0.6) is 5.88 Å². The van der Waals surface area contributed by atoms with E-state index in [4.69, 9.17) is 9.47 Å². The minimum absolute atomic E-state index is 0.124. The third-order valence-electron chi connectivity index (χ3n) is 5.82. The van der Waals surface area contributed by atoms with Crippen molar-refractivity contribution in [3.05, 3.63) is 53.7 Å². The standard InChI is InChI=1S/C22H25N3O5/c1-29-19-6-5-16(12-23-19)20(24-17-4-2-3-15(11-17)21(26)27)22(28)30-18-13-25-9-7-14(18)8-10-25/h2-6,11-12,14,18,20,24H,7-10,13H2,1H3,(H,26,27). The quantitative estimate of drug-likeness (QED) is 0.671. The van der Waals surface area contributed by atoms with E-state index in [-0.39, 0.29) is 11.7 Å². The number of aromatic carboxylic acids is 1. The first-order chi connectivity index (χ1) is 14.5. The lowest BCUT2D eigenvalue weighted by Gasteiger charge is -2.44. The van der Waals surface area contributed by atoms with Crippen LogP contribution < -0.4 is 10.1 Å². The van der Waals surface area contributed by atoms with Crippen LogP contribution in [0.1, 0.15) is 34.8 Å². The molecule has 3 aliphatic rings. The molecule has 1 aromatic carbocycles. The molecule has 1 aromatic heterocycles. The lowest BCUT2D eigenvalue weighted by molar-refractivity contribution is -0.159. The van der Waals surface area contributed by atoms with Gasteiger partial charge in [0, 0.05) is 30.1 Å². The Morgan fingerprint density at radius 3 is 2.63 bits per heavy atom. The highest BCUT2D eigenvalue weighted by Gasteiger charge is 2.38. The number of fused-ring (bicyclic) bond motifs is 3. The molecule has 2 bridgehead atoms. The molecule has 30 heavy (non-hydrogen) atoms. The Balaban J connectivity index is 1.57. The second-order valence-electron chi connectivity index (χ2n) is 7.71. The SMILES string of the molecule is COc1ccc(C(Nc2cccc(C(=O)O)c2)C(=O)OC2CN3CCC2CC3)cn1. The van der Waals surface area contributed by atoms with Crippen molar-refractivity contribution in [1.29, 1.82) is 0 Å². The molecule has 0 spiro atoms. The van der Waals surface area contributed by atoms with E-state index in [1.807, 2.05) is 0 Å². The molecule has 158 valence electrons. The Bertz CT molecular complexity index is 909. The molecular formula is C22H25N3O5. The number of nitrogens with one attached hydrogen (secondary N) is 1. The molecular weight excluding hydrogens is 386 g/mol. The van der Waals surface area contributed by atoms with Crippen molar-refractivity contribution in [3.8, 4) is 5.88 Å². The summed E-state index contributed by atoms with van der Waals surface area (Å²) in [5.74, 6) is -0.599. The number of carbonyl (C=O) groups excluding carboxylic acids is 1. The number of carboxylic acids is 1. The Kier molecular flexibility index (Phi) is 5.85. The molecule has 0 aliphatic carbocycles. The van der Waals surface area contributed by atoms with Gasteiger partial charge < -0.3 is 19.9 Å². The van der Waals surface area contributed by atoms with E-state index in [1.165, 1.54) is 19.2 Å². The summed E-state index contributed by atoms with van der Waals surface area (Å²) in [7, 11) is 1.52. The maximum atomic E-state index is 13.2. The molecule has 2 atom stereocenters. The molecule has 0 radical (unpaired) electrons. The summed E-state index contributed by atoms with van der Waals surface area (Å²) >= 11 is 0. The highest BCUT2D eigenvalue weighted by molar-refractivity contribution is 5.89. The molecule has 2 unspecified atom stereocenters. The minimum Gasteiger partial charge on any atom is -0.481 e. The maximum Gasteiger partial charge on any atom is 0.335 e. The summed E-state index contributed by atoms with van der Waals surface area (Å²) in [5, 5.41) is 12.4. The van der Waals surface area contributed by atoms with Gasteiger partial charge in [-0.15, -0.1) is 0 Å². The average molecular weight is 411 g/mol. The van der Waals surface area contributed by atoms with Gasteiger partial charge >= 0.3 is 11.9 Å². The van der Waals surface area contributed by atoms with Gasteiger partial charge in [-0.25, -0.2) is 14.6 Å². The van der Waals surface area contributed by atoms with Crippen LogP contribution in [0, 0.1) is 5.92 Å². The normalized spacial score (nSPS) is 23.4. The Hall–Kier alpha value is -3.13. The predicted octanol–water partition coefficient (Wildman–Crippen LogP) is 2.58. The van der Waals surface area contributed by atoms with Gasteiger partial charge in [-0.3, -0.25) is 4.90 Å². The number of carboxylic acid groups (broad SMARTS) is 1. The highest BCUT2D eigenvalue weighted by atomic mass is 16.5. The number of methoxy groups -OCH3 is 1. The van der Waals surface area contributed by atoms with Gasteiger partial charge in [-0.05, 0) is 56.1 Å². The zero-order chi connectivity index (χ0) is 21.1. The van der Waals surface area contributed by atoms with E-state index < -0.39 is 18.0 Å². The number of benzene rings is 1. The molecule has 2 aromatic rings. The van der Waals surface area contributed by atoms with Gasteiger partial charge in [0.05, 0.1) is 12.7 Å². The topological polar surface area (TPSA) is 101 Å². The third-order valence-corrected chi connectivity index (χ3v) is 5.82. The number of aromatic nitrogens is 1. The van der Waals surface area contributed by atoms with Crippen molar-refractivity contribution in [3.63, 3.8) is 0 Å². The number of rotatable bonds is 7. The van der Waals surface area contributed by atoms with Crippen molar-refractivity contribution in [1.82, 2.24) is 9.88 Å². The molecule has 0 saturated carbocycles. The van der Waals surface area contributed by atoms with Crippen LogP contribution in [0.2, 0.25) is 0 Å². The zero-order valence-corrected chi connectivity index (χ0v) is 16.8. The van der Waals surface area contributed by atoms with Crippen LogP contribution in [0.3, 0.4) is 0 Å². The second kappa shape index (κ2) is 8.71. The molecule has 3 saturated heterocycles. The lowest BCUT2D eigenvalue weighted by atomic mass is 9.86. The first-order valence-electron chi connectivity index (χ1n) is 10.1. The van der Waals surface area contributed by atoms with Crippen LogP contribution in [0.15, 0.2) is 42.6 Å². The van der Waals surface area contributed by atoms with Crippen molar-refractivity contribution in [2.24, 2.45) is 5.92 Å². The zero-order valence-electron chi connectivity index (χ0n) is 16.8. The molecule has 4 heterocycles. The molecule has 2 N–H and O–H groups in total. The Morgan fingerprint density at radius 1 is 1.23 bits per heavy atom. The number of ether oxygens (including phenoxy) is 2. The van der Waals surface area contributed by atoms with Gasteiger partial charge in [0.25, 0.3) is 0 Å². The summed E-state index contributed by atoms with van der Waals surface area (Å²) in [6, 6.07) is 8.97. The van der Waals surface area contributed by atoms with Gasteiger partial charge in [0.2, 0.25) is 5.88 Å². The van der Waals surface area contributed by atoms with Crippen LogP contribution >= 0.6 is 0 Å². The molecule has 8 heteroatoms. The minimum atomic E-state index is -1.03. The summed E-state index contributed by atoms with van der Waals surface area (Å²) in [5.41, 5.74) is 1.27. The van der Waals surface area contributed by atoms with Crippen LogP contribution in [-0.4, -0.2) is 59.8 Å². The van der Waals surface area contributed by atoms with Gasteiger partial charge in [0.1, 0.15) is 6.10 Å². The Morgan fingerprint density at radius 2 is 2.03 bits per heavy atom. The first kappa shape index (κ1) is 20.2. The van der Waals surface area contributed by atoms with E-state index in [1.54, 1.807) is 30.5 Å². The number of anilines is 1. The number of nitrogens with zero attached hydrogens (tertiary/aromatic N) is 2. The summed E-state index contributed by atoms with van der Waals surface area (Å²) in [4.78, 5) is 31.0. The molecule has 0 amide bonds. The van der Waals surface area contributed by atoms with E-state index in [0.29, 0.717) is 23.0 Å². The van der Waals surface area contributed by atoms with Gasteiger partial charge in [0.15, 0.2) is 6.04 Å². The van der Waals surface area contributed by atoms with Crippen molar-refractivity contribution >= 4 is 17.6 Å².